The van der Waals surface area contributed by atoms with Crippen LogP contribution in [0.1, 0.15) is 36.4 Å². The Morgan fingerprint density at radius 2 is 2.03 bits per heavy atom. The lowest BCUT2D eigenvalue weighted by molar-refractivity contribution is 0.0818. The lowest BCUT2D eigenvalue weighted by atomic mass is 10.0. The summed E-state index contributed by atoms with van der Waals surface area (Å²) >= 11 is 18.4. The van der Waals surface area contributed by atoms with Gasteiger partial charge in [0.1, 0.15) is 17.6 Å². The van der Waals surface area contributed by atoms with Crippen LogP contribution in [0, 0.1) is 0 Å². The van der Waals surface area contributed by atoms with E-state index < -0.39 is 0 Å². The van der Waals surface area contributed by atoms with Gasteiger partial charge in [0, 0.05) is 24.9 Å². The molecular weight excluding hydrogens is 453 g/mol. The fourth-order valence-electron chi connectivity index (χ4n) is 4.27. The molecule has 3 atom stereocenters. The molecule has 0 amide bonds. The zero-order valence-electron chi connectivity index (χ0n) is 16.6. The van der Waals surface area contributed by atoms with E-state index in [1.807, 2.05) is 42.5 Å². The number of halogens is 2. The molecule has 0 bridgehead atoms. The van der Waals surface area contributed by atoms with E-state index in [-0.39, 0.29) is 18.2 Å². The number of nitrogens with one attached hydrogen (secondary N) is 1. The van der Waals surface area contributed by atoms with E-state index in [2.05, 4.69) is 15.2 Å². The number of benzene rings is 1. The van der Waals surface area contributed by atoms with Crippen molar-refractivity contribution in [2.45, 2.75) is 31.0 Å². The van der Waals surface area contributed by atoms with Gasteiger partial charge in [-0.2, -0.15) is 0 Å². The fourth-order valence-corrected chi connectivity index (χ4v) is 4.98. The Morgan fingerprint density at radius 1 is 1.13 bits per heavy atom. The third kappa shape index (κ3) is 4.05. The highest BCUT2D eigenvalue weighted by Crippen LogP contribution is 2.42. The first-order valence-electron chi connectivity index (χ1n) is 10.3. The standard InChI is InChI=1S/C23H21Cl2N3O2S/c24-16-7-3-6-15(20(16)25)18-9-10-19(30-18)22-21(17-8-1-2-11-26-17)27-23(31)28(22)13-14-5-4-12-29-14/h1-3,6-11,14,21-22H,4-5,12-13H2,(H,27,31)/t14-,21-,22-/m0/s1. The second-order valence-electron chi connectivity index (χ2n) is 7.72. The van der Waals surface area contributed by atoms with Crippen LogP contribution >= 0.6 is 35.4 Å². The molecule has 0 spiro atoms. The van der Waals surface area contributed by atoms with Crippen molar-refractivity contribution in [3.63, 3.8) is 0 Å². The molecule has 8 heteroatoms. The maximum atomic E-state index is 6.42. The summed E-state index contributed by atoms with van der Waals surface area (Å²) in [7, 11) is 0. The van der Waals surface area contributed by atoms with Crippen molar-refractivity contribution in [1.29, 1.82) is 0 Å². The summed E-state index contributed by atoms with van der Waals surface area (Å²) in [5, 5.41) is 5.09. The van der Waals surface area contributed by atoms with Gasteiger partial charge in [0.2, 0.25) is 0 Å². The van der Waals surface area contributed by atoms with Gasteiger partial charge in [-0.05, 0) is 61.5 Å². The van der Waals surface area contributed by atoms with Crippen LogP contribution in [0.3, 0.4) is 0 Å². The molecule has 31 heavy (non-hydrogen) atoms. The average molecular weight is 474 g/mol. The van der Waals surface area contributed by atoms with E-state index in [4.69, 9.17) is 44.6 Å². The van der Waals surface area contributed by atoms with Gasteiger partial charge in [-0.25, -0.2) is 0 Å². The quantitative estimate of drug-likeness (QED) is 0.472. The minimum atomic E-state index is -0.154. The Morgan fingerprint density at radius 3 is 2.81 bits per heavy atom. The van der Waals surface area contributed by atoms with E-state index >= 15 is 0 Å². The number of nitrogens with zero attached hydrogens (tertiary/aromatic N) is 2. The smallest absolute Gasteiger partial charge is 0.170 e. The highest BCUT2D eigenvalue weighted by Gasteiger charge is 2.42. The number of pyridine rings is 1. The molecule has 2 aromatic heterocycles. The van der Waals surface area contributed by atoms with Crippen LogP contribution in [0.5, 0.6) is 0 Å². The molecule has 2 aliphatic rings. The Balaban J connectivity index is 1.52. The zero-order chi connectivity index (χ0) is 21.4. The number of thiocarbonyl (C=S) groups is 1. The topological polar surface area (TPSA) is 50.5 Å². The molecule has 2 aliphatic heterocycles. The van der Waals surface area contributed by atoms with Crippen molar-refractivity contribution in [1.82, 2.24) is 15.2 Å². The highest BCUT2D eigenvalue weighted by molar-refractivity contribution is 7.80. The number of furan rings is 1. The second-order valence-corrected chi connectivity index (χ2v) is 8.89. The molecule has 5 nitrogen and oxygen atoms in total. The predicted molar refractivity (Wildman–Crippen MR) is 125 cm³/mol. The SMILES string of the molecule is S=C1N[C@@H](c2ccccn2)[C@H](c2ccc(-c3cccc(Cl)c3Cl)o2)N1C[C@@H]1CCCO1. The molecule has 2 saturated heterocycles. The van der Waals surface area contributed by atoms with Crippen LogP contribution in [-0.2, 0) is 4.74 Å². The summed E-state index contributed by atoms with van der Waals surface area (Å²) in [6.45, 7) is 1.50. The van der Waals surface area contributed by atoms with Crippen LogP contribution in [0.15, 0.2) is 59.1 Å². The molecule has 160 valence electrons. The first kappa shape index (κ1) is 20.8. The first-order chi connectivity index (χ1) is 15.1. The Kier molecular flexibility index (Phi) is 5.89. The van der Waals surface area contributed by atoms with Gasteiger partial charge in [0.25, 0.3) is 0 Å². The summed E-state index contributed by atoms with van der Waals surface area (Å²) < 4.78 is 12.2. The third-order valence-corrected chi connectivity index (χ3v) is 6.93. The summed E-state index contributed by atoms with van der Waals surface area (Å²) in [5.74, 6) is 1.45. The molecule has 1 aromatic carbocycles. The molecular formula is C23H21Cl2N3O2S. The molecule has 4 heterocycles. The molecule has 0 unspecified atom stereocenters. The maximum Gasteiger partial charge on any atom is 0.170 e. The number of ether oxygens (including phenoxy) is 1. The normalized spacial score (nSPS) is 23.4. The number of aromatic nitrogens is 1. The second kappa shape index (κ2) is 8.79. The molecule has 1 N–H and O–H groups in total. The highest BCUT2D eigenvalue weighted by atomic mass is 35.5. The van der Waals surface area contributed by atoms with Gasteiger partial charge in [-0.1, -0.05) is 35.3 Å². The van der Waals surface area contributed by atoms with Crippen molar-refractivity contribution in [2.75, 3.05) is 13.2 Å². The monoisotopic (exact) mass is 473 g/mol. The van der Waals surface area contributed by atoms with Crippen LogP contribution in [0.2, 0.25) is 10.0 Å². The molecule has 2 fully saturated rings. The number of hydrogen-bond acceptors (Lipinski definition) is 4. The van der Waals surface area contributed by atoms with E-state index in [1.165, 1.54) is 0 Å². The third-order valence-electron chi connectivity index (χ3n) is 5.76. The zero-order valence-corrected chi connectivity index (χ0v) is 19.0. The van der Waals surface area contributed by atoms with Crippen molar-refractivity contribution < 1.29 is 9.15 Å². The van der Waals surface area contributed by atoms with Gasteiger partial charge < -0.3 is 19.4 Å². The Hall–Kier alpha value is -2.12. The minimum absolute atomic E-state index is 0.135. The number of hydrogen-bond donors (Lipinski definition) is 1. The Labute approximate surface area is 196 Å². The molecule has 0 aliphatic carbocycles. The summed E-state index contributed by atoms with van der Waals surface area (Å²) in [5.41, 5.74) is 1.66. The Bertz CT molecular complexity index is 1090. The lowest BCUT2D eigenvalue weighted by Crippen LogP contribution is -2.36. The average Bonchev–Trinajstić information content (AvgIpc) is 3.52. The van der Waals surface area contributed by atoms with Crippen LogP contribution < -0.4 is 5.32 Å². The largest absolute Gasteiger partial charge is 0.459 e. The number of rotatable bonds is 5. The predicted octanol–water partition coefficient (Wildman–Crippen LogP) is 5.80. The maximum absolute atomic E-state index is 6.42. The van der Waals surface area contributed by atoms with E-state index in [0.29, 0.717) is 27.5 Å². The van der Waals surface area contributed by atoms with Gasteiger partial charge >= 0.3 is 0 Å². The van der Waals surface area contributed by atoms with Crippen molar-refractivity contribution in [3.8, 4) is 11.3 Å². The van der Waals surface area contributed by atoms with Crippen molar-refractivity contribution in [3.05, 3.63) is 76.2 Å². The molecule has 0 radical (unpaired) electrons. The van der Waals surface area contributed by atoms with Crippen LogP contribution in [0.4, 0.5) is 0 Å². The summed E-state index contributed by atoms with van der Waals surface area (Å²) in [4.78, 5) is 6.73. The summed E-state index contributed by atoms with van der Waals surface area (Å²) in [6, 6.07) is 15.0. The van der Waals surface area contributed by atoms with Crippen LogP contribution in [-0.4, -0.2) is 34.3 Å². The van der Waals surface area contributed by atoms with Gasteiger partial charge in [-0.3, -0.25) is 4.98 Å². The molecule has 0 saturated carbocycles. The fraction of sp³-hybridized carbons (Fsp3) is 0.304. The first-order valence-corrected chi connectivity index (χ1v) is 11.4. The molecule has 3 aromatic rings. The lowest BCUT2D eigenvalue weighted by Gasteiger charge is -2.28. The van der Waals surface area contributed by atoms with Crippen LogP contribution in [0.25, 0.3) is 11.3 Å². The summed E-state index contributed by atoms with van der Waals surface area (Å²) in [6.07, 6.45) is 4.05. The van der Waals surface area contributed by atoms with Gasteiger partial charge in [0.15, 0.2) is 5.11 Å². The van der Waals surface area contributed by atoms with E-state index in [9.17, 15) is 0 Å². The van der Waals surface area contributed by atoms with Crippen molar-refractivity contribution >= 4 is 40.5 Å². The van der Waals surface area contributed by atoms with Gasteiger partial charge in [0.05, 0.1) is 27.9 Å². The van der Waals surface area contributed by atoms with E-state index in [1.54, 1.807) is 12.3 Å². The minimum Gasteiger partial charge on any atom is -0.459 e. The van der Waals surface area contributed by atoms with E-state index in [0.717, 1.165) is 36.5 Å². The van der Waals surface area contributed by atoms with Gasteiger partial charge in [-0.15, -0.1) is 0 Å². The van der Waals surface area contributed by atoms with Crippen molar-refractivity contribution in [2.24, 2.45) is 0 Å². The molecule has 5 rings (SSSR count).